The Balaban J connectivity index is 1.33. The predicted octanol–water partition coefficient (Wildman–Crippen LogP) is 3.89. The monoisotopic (exact) mass is 380 g/mol. The zero-order chi connectivity index (χ0) is 17.6. The van der Waals surface area contributed by atoms with Gasteiger partial charge in [-0.3, -0.25) is 10.9 Å². The summed E-state index contributed by atoms with van der Waals surface area (Å²) in [5.74, 6) is 0. The Kier molecular flexibility index (Phi) is 5.13. The molecule has 0 unspecified atom stereocenters. The molecule has 0 aromatic heterocycles. The Morgan fingerprint density at radius 2 is 1.35 bits per heavy atom. The zero-order valence-corrected chi connectivity index (χ0v) is 15.3. The van der Waals surface area contributed by atoms with Gasteiger partial charge in [0, 0.05) is 17.3 Å². The van der Waals surface area contributed by atoms with Crippen molar-refractivity contribution in [3.05, 3.63) is 84.2 Å². The molecule has 0 saturated heterocycles. The van der Waals surface area contributed by atoms with Gasteiger partial charge in [-0.15, -0.1) is 0 Å². The average Bonchev–Trinajstić information content (AvgIpc) is 2.74. The summed E-state index contributed by atoms with van der Waals surface area (Å²) in [4.78, 5) is 8.88. The van der Waals surface area contributed by atoms with Crippen LogP contribution in [-0.2, 0) is 0 Å². The highest BCUT2D eigenvalue weighted by atomic mass is 33.1. The number of hydrogen-bond donors (Lipinski definition) is 2. The summed E-state index contributed by atoms with van der Waals surface area (Å²) in [6.45, 7) is 0. The molecule has 8 heteroatoms. The van der Waals surface area contributed by atoms with Crippen LogP contribution < -0.4 is 10.9 Å². The van der Waals surface area contributed by atoms with Gasteiger partial charge in [-0.2, -0.15) is 0 Å². The van der Waals surface area contributed by atoms with E-state index in [4.69, 9.17) is 0 Å². The standard InChI is InChI=1S/C18H16N6S2/c1-3-7-15(8-4-1)17-11-21-24(14-20-17)26-25-23-12-18(19-13-22-23)16-9-5-2-6-10-16/h1-14,21H,(H,19,22). The Labute approximate surface area is 160 Å². The maximum absolute atomic E-state index is 4.49. The van der Waals surface area contributed by atoms with Crippen molar-refractivity contribution in [3.8, 4) is 0 Å². The first-order valence-electron chi connectivity index (χ1n) is 7.94. The van der Waals surface area contributed by atoms with Crippen molar-refractivity contribution >= 4 is 46.0 Å². The van der Waals surface area contributed by atoms with Crippen molar-refractivity contribution in [3.63, 3.8) is 0 Å². The molecule has 2 aliphatic rings. The molecule has 2 aromatic carbocycles. The van der Waals surface area contributed by atoms with Crippen molar-refractivity contribution in [1.82, 2.24) is 19.7 Å². The van der Waals surface area contributed by atoms with Crippen molar-refractivity contribution in [2.75, 3.05) is 0 Å². The largest absolute Gasteiger partial charge is 0.292 e. The van der Waals surface area contributed by atoms with E-state index in [1.54, 1.807) is 12.7 Å². The highest BCUT2D eigenvalue weighted by Crippen LogP contribution is 2.31. The van der Waals surface area contributed by atoms with Crippen LogP contribution in [-0.4, -0.2) is 21.5 Å². The van der Waals surface area contributed by atoms with Gasteiger partial charge in [-0.25, -0.2) is 18.8 Å². The van der Waals surface area contributed by atoms with Crippen molar-refractivity contribution < 1.29 is 0 Å². The van der Waals surface area contributed by atoms with Gasteiger partial charge in [0.1, 0.15) is 12.7 Å². The first kappa shape index (κ1) is 16.6. The second kappa shape index (κ2) is 8.03. The van der Waals surface area contributed by atoms with Gasteiger partial charge in [0.15, 0.2) is 0 Å². The minimum absolute atomic E-state index is 0.905. The normalized spacial score (nSPS) is 15.8. The Morgan fingerprint density at radius 1 is 0.692 bits per heavy atom. The zero-order valence-electron chi connectivity index (χ0n) is 13.7. The van der Waals surface area contributed by atoms with E-state index in [1.807, 2.05) is 81.9 Å². The lowest BCUT2D eigenvalue weighted by atomic mass is 10.2. The number of nitrogens with zero attached hydrogens (tertiary/aromatic N) is 4. The van der Waals surface area contributed by atoms with E-state index in [1.165, 1.54) is 22.0 Å². The van der Waals surface area contributed by atoms with Crippen LogP contribution >= 0.6 is 22.0 Å². The van der Waals surface area contributed by atoms with Crippen LogP contribution in [0.15, 0.2) is 83.0 Å². The minimum Gasteiger partial charge on any atom is -0.292 e. The van der Waals surface area contributed by atoms with E-state index >= 15 is 0 Å². The molecule has 26 heavy (non-hydrogen) atoms. The molecule has 2 heterocycles. The molecule has 0 spiro atoms. The number of hydrogen-bond acceptors (Lipinski definition) is 8. The summed E-state index contributed by atoms with van der Waals surface area (Å²) in [7, 11) is 3.01. The lowest BCUT2D eigenvalue weighted by Gasteiger charge is -2.25. The fourth-order valence-electron chi connectivity index (χ4n) is 2.33. The molecular weight excluding hydrogens is 364 g/mol. The Bertz CT molecular complexity index is 864. The molecular formula is C18H16N6S2. The first-order chi connectivity index (χ1) is 12.9. The number of rotatable bonds is 5. The first-order valence-corrected chi connectivity index (χ1v) is 10.00. The van der Waals surface area contributed by atoms with Crippen LogP contribution in [0.2, 0.25) is 0 Å². The molecule has 0 atom stereocenters. The number of nitrogens with one attached hydrogen (secondary N) is 2. The third-order valence-corrected chi connectivity index (χ3v) is 5.55. The molecule has 0 aliphatic carbocycles. The van der Waals surface area contributed by atoms with E-state index < -0.39 is 0 Å². The summed E-state index contributed by atoms with van der Waals surface area (Å²) < 4.78 is 3.73. The third kappa shape index (κ3) is 4.04. The summed E-state index contributed by atoms with van der Waals surface area (Å²) in [5.41, 5.74) is 10.3. The lowest BCUT2D eigenvalue weighted by molar-refractivity contribution is 0.574. The fraction of sp³-hybridized carbons (Fsp3) is 0. The number of hydrazine groups is 2. The summed E-state index contributed by atoms with van der Waals surface area (Å²) in [6.07, 6.45) is 7.29. The fourth-order valence-corrected chi connectivity index (χ4v) is 3.82. The van der Waals surface area contributed by atoms with Crippen LogP contribution in [0.3, 0.4) is 0 Å². The van der Waals surface area contributed by atoms with Crippen LogP contribution in [0.25, 0.3) is 11.4 Å². The van der Waals surface area contributed by atoms with Crippen LogP contribution in [0.1, 0.15) is 11.1 Å². The molecule has 130 valence electrons. The van der Waals surface area contributed by atoms with Gasteiger partial charge in [0.2, 0.25) is 0 Å². The smallest absolute Gasteiger partial charge is 0.124 e. The lowest BCUT2D eigenvalue weighted by Crippen LogP contribution is -2.31. The van der Waals surface area contributed by atoms with E-state index in [-0.39, 0.29) is 0 Å². The van der Waals surface area contributed by atoms with Crippen molar-refractivity contribution in [2.45, 2.75) is 0 Å². The number of benzene rings is 2. The SMILES string of the molecule is C1=NC(c2ccccc2)=CN(SSN2C=NC(c3ccccc3)=CN2)N1. The minimum atomic E-state index is 0.905. The highest BCUT2D eigenvalue weighted by Gasteiger charge is 2.13. The second-order valence-corrected chi connectivity index (χ2v) is 7.32. The molecule has 4 rings (SSSR count). The summed E-state index contributed by atoms with van der Waals surface area (Å²) in [5, 5.41) is 0. The third-order valence-electron chi connectivity index (χ3n) is 3.59. The molecule has 0 fully saturated rings. The number of aliphatic imine (C=N–C) groups is 2. The summed E-state index contributed by atoms with van der Waals surface area (Å²) >= 11 is 0. The van der Waals surface area contributed by atoms with E-state index in [0.717, 1.165) is 22.5 Å². The quantitative estimate of drug-likeness (QED) is 0.606. The maximum atomic E-state index is 4.49. The van der Waals surface area contributed by atoms with Crippen LogP contribution in [0.5, 0.6) is 0 Å². The van der Waals surface area contributed by atoms with Gasteiger partial charge in [0.25, 0.3) is 0 Å². The molecule has 0 radical (unpaired) electrons. The Hall–Kier alpha value is -2.84. The molecule has 2 N–H and O–H groups in total. The molecule has 0 amide bonds. The van der Waals surface area contributed by atoms with Crippen molar-refractivity contribution in [2.24, 2.45) is 9.98 Å². The Morgan fingerprint density at radius 3 is 2.00 bits per heavy atom. The van der Waals surface area contributed by atoms with Crippen molar-refractivity contribution in [1.29, 1.82) is 0 Å². The molecule has 0 bridgehead atoms. The maximum Gasteiger partial charge on any atom is 0.124 e. The second-order valence-electron chi connectivity index (χ2n) is 5.34. The molecule has 6 nitrogen and oxygen atoms in total. The summed E-state index contributed by atoms with van der Waals surface area (Å²) in [6, 6.07) is 20.2. The molecule has 0 saturated carbocycles. The molecule has 2 aliphatic heterocycles. The van der Waals surface area contributed by atoms with Gasteiger partial charge in [0.05, 0.1) is 39.6 Å². The topological polar surface area (TPSA) is 55.3 Å². The van der Waals surface area contributed by atoms with E-state index in [2.05, 4.69) is 20.8 Å². The van der Waals surface area contributed by atoms with Gasteiger partial charge in [-0.05, 0) is 0 Å². The highest BCUT2D eigenvalue weighted by molar-refractivity contribution is 8.75. The van der Waals surface area contributed by atoms with Gasteiger partial charge < -0.3 is 0 Å². The van der Waals surface area contributed by atoms with Gasteiger partial charge >= 0.3 is 0 Å². The van der Waals surface area contributed by atoms with E-state index in [9.17, 15) is 0 Å². The van der Waals surface area contributed by atoms with Gasteiger partial charge in [-0.1, -0.05) is 60.7 Å². The molecule has 2 aromatic rings. The van der Waals surface area contributed by atoms with Crippen LogP contribution in [0, 0.1) is 0 Å². The average molecular weight is 381 g/mol. The predicted molar refractivity (Wildman–Crippen MR) is 111 cm³/mol. The van der Waals surface area contributed by atoms with Crippen LogP contribution in [0.4, 0.5) is 0 Å². The van der Waals surface area contributed by atoms with E-state index in [0.29, 0.717) is 0 Å².